The van der Waals surface area contributed by atoms with E-state index in [1.54, 1.807) is 0 Å². The Bertz CT molecular complexity index is 1920. The molecule has 0 heterocycles. The van der Waals surface area contributed by atoms with Crippen molar-refractivity contribution in [3.8, 4) is 0 Å². The maximum Gasteiger partial charge on any atom is 0.306 e. The van der Waals surface area contributed by atoms with Gasteiger partial charge in [0.15, 0.2) is 6.10 Å². The van der Waals surface area contributed by atoms with E-state index in [0.29, 0.717) is 12.8 Å². The molecule has 438 valence electrons. The Labute approximate surface area is 484 Å². The van der Waals surface area contributed by atoms with Crippen LogP contribution < -0.4 is 0 Å². The number of unbranched alkanes of at least 4 members (excludes halogenated alkanes) is 10. The molecule has 0 saturated heterocycles. The van der Waals surface area contributed by atoms with Crippen molar-refractivity contribution < 1.29 is 28.6 Å². The van der Waals surface area contributed by atoms with E-state index in [0.717, 1.165) is 161 Å². The number of allylic oxidation sites excluding steroid dienone is 32. The van der Waals surface area contributed by atoms with Gasteiger partial charge in [-0.25, -0.2) is 0 Å². The molecule has 0 bridgehead atoms. The average molecular weight is 1080 g/mol. The molecule has 79 heavy (non-hydrogen) atoms. The molecule has 0 aromatic carbocycles. The minimum atomic E-state index is -0.835. The lowest BCUT2D eigenvalue weighted by Crippen LogP contribution is -2.30. The van der Waals surface area contributed by atoms with E-state index in [9.17, 15) is 14.4 Å². The van der Waals surface area contributed by atoms with Crippen LogP contribution in [0.15, 0.2) is 194 Å². The first-order valence-electron chi connectivity index (χ1n) is 30.9. The summed E-state index contributed by atoms with van der Waals surface area (Å²) in [6, 6.07) is 0. The highest BCUT2D eigenvalue weighted by atomic mass is 16.6. The van der Waals surface area contributed by atoms with E-state index in [4.69, 9.17) is 14.2 Å². The van der Waals surface area contributed by atoms with E-state index < -0.39 is 6.10 Å². The highest BCUT2D eigenvalue weighted by Gasteiger charge is 2.19. The van der Waals surface area contributed by atoms with E-state index in [1.165, 1.54) is 12.8 Å². The summed E-state index contributed by atoms with van der Waals surface area (Å²) in [5, 5.41) is 0. The fourth-order valence-electron chi connectivity index (χ4n) is 7.56. The first kappa shape index (κ1) is 73.2. The Morgan fingerprint density at radius 3 is 0.734 bits per heavy atom. The van der Waals surface area contributed by atoms with Crippen molar-refractivity contribution in [2.24, 2.45) is 0 Å². The van der Waals surface area contributed by atoms with Crippen molar-refractivity contribution in [1.29, 1.82) is 0 Å². The minimum absolute atomic E-state index is 0.130. The van der Waals surface area contributed by atoms with Gasteiger partial charge in [-0.1, -0.05) is 241 Å². The molecule has 6 heteroatoms. The summed E-state index contributed by atoms with van der Waals surface area (Å²) >= 11 is 0. The van der Waals surface area contributed by atoms with Gasteiger partial charge in [0.2, 0.25) is 0 Å². The maximum atomic E-state index is 12.9. The third-order valence-electron chi connectivity index (χ3n) is 12.1. The zero-order valence-corrected chi connectivity index (χ0v) is 50.0. The molecule has 0 radical (unpaired) electrons. The second-order valence-electron chi connectivity index (χ2n) is 19.5. The normalized spacial score (nSPS) is 13.5. The van der Waals surface area contributed by atoms with E-state index in [-0.39, 0.29) is 50.4 Å². The fourth-order valence-corrected chi connectivity index (χ4v) is 7.56. The van der Waals surface area contributed by atoms with Crippen LogP contribution in [0.4, 0.5) is 0 Å². The van der Waals surface area contributed by atoms with Gasteiger partial charge >= 0.3 is 17.9 Å². The summed E-state index contributed by atoms with van der Waals surface area (Å²) in [6.07, 6.45) is 98.6. The van der Waals surface area contributed by atoms with Crippen LogP contribution in [0.3, 0.4) is 0 Å². The van der Waals surface area contributed by atoms with E-state index >= 15 is 0 Å². The van der Waals surface area contributed by atoms with Gasteiger partial charge in [-0.3, -0.25) is 14.4 Å². The highest BCUT2D eigenvalue weighted by Crippen LogP contribution is 2.12. The molecule has 0 amide bonds. The summed E-state index contributed by atoms with van der Waals surface area (Å²) in [5.74, 6) is -1.04. The highest BCUT2D eigenvalue weighted by molar-refractivity contribution is 5.71. The summed E-state index contributed by atoms with van der Waals surface area (Å²) in [4.78, 5) is 38.3. The summed E-state index contributed by atoms with van der Waals surface area (Å²) < 4.78 is 16.8. The fraction of sp³-hybridized carbons (Fsp3) is 0.521. The second kappa shape index (κ2) is 64.8. The van der Waals surface area contributed by atoms with Crippen molar-refractivity contribution in [2.45, 2.75) is 232 Å². The predicted octanol–water partition coefficient (Wildman–Crippen LogP) is 21.4. The second-order valence-corrected chi connectivity index (χ2v) is 19.5. The lowest BCUT2D eigenvalue weighted by atomic mass is 10.1. The lowest BCUT2D eigenvalue weighted by molar-refractivity contribution is -0.167. The number of esters is 3. The third-order valence-corrected chi connectivity index (χ3v) is 12.1. The predicted molar refractivity (Wildman–Crippen MR) is 343 cm³/mol. The summed E-state index contributed by atoms with van der Waals surface area (Å²) in [5.41, 5.74) is 0. The van der Waals surface area contributed by atoms with Crippen molar-refractivity contribution in [3.05, 3.63) is 194 Å². The number of rotatable bonds is 53. The Kier molecular flexibility index (Phi) is 60.1. The maximum absolute atomic E-state index is 12.9. The quantitative estimate of drug-likeness (QED) is 0.0261. The average Bonchev–Trinajstić information content (AvgIpc) is 3.45. The Hall–Kier alpha value is -5.75. The van der Waals surface area contributed by atoms with Crippen molar-refractivity contribution in [2.75, 3.05) is 13.2 Å². The largest absolute Gasteiger partial charge is 0.462 e. The van der Waals surface area contributed by atoms with Crippen LogP contribution in [0.2, 0.25) is 0 Å². The topological polar surface area (TPSA) is 78.9 Å². The molecule has 0 aromatic rings. The Morgan fingerprint density at radius 2 is 0.456 bits per heavy atom. The van der Waals surface area contributed by atoms with E-state index in [1.807, 2.05) is 0 Å². The molecular weight excluding hydrogens is 973 g/mol. The van der Waals surface area contributed by atoms with Crippen LogP contribution in [0.5, 0.6) is 0 Å². The zero-order valence-electron chi connectivity index (χ0n) is 50.0. The van der Waals surface area contributed by atoms with Crippen LogP contribution in [0, 0.1) is 0 Å². The third kappa shape index (κ3) is 63.0. The molecule has 1 atom stereocenters. The zero-order chi connectivity index (χ0) is 57.1. The van der Waals surface area contributed by atoms with Crippen molar-refractivity contribution >= 4 is 17.9 Å². The van der Waals surface area contributed by atoms with Crippen LogP contribution in [0.1, 0.15) is 226 Å². The van der Waals surface area contributed by atoms with Gasteiger partial charge in [-0.2, -0.15) is 0 Å². The summed E-state index contributed by atoms with van der Waals surface area (Å²) in [7, 11) is 0. The first-order valence-corrected chi connectivity index (χ1v) is 30.9. The minimum Gasteiger partial charge on any atom is -0.462 e. The van der Waals surface area contributed by atoms with Gasteiger partial charge in [0, 0.05) is 19.3 Å². The van der Waals surface area contributed by atoms with Gasteiger partial charge in [-0.15, -0.1) is 0 Å². The van der Waals surface area contributed by atoms with Gasteiger partial charge in [0.05, 0.1) is 0 Å². The SMILES string of the molecule is CC/C=C\C/C=C\C/C=C\C/C=C\C/C=C\C/C=C\C/C=C\C/C=C\CCCCC(=O)OCC(COC(=O)CCCC/C=C\C/C=C\C/C=C\C/C=C\CC)OC(=O)CCCCCCCC/C=C\C/C=C\C/C=C\C/C=C\CC. The first-order chi connectivity index (χ1) is 39.0. The molecule has 0 fully saturated rings. The monoisotopic (exact) mass is 1080 g/mol. The Balaban J connectivity index is 4.56. The number of carbonyl (C=O) groups is 3. The number of ether oxygens (including phenoxy) is 3. The van der Waals surface area contributed by atoms with Crippen molar-refractivity contribution in [3.63, 3.8) is 0 Å². The van der Waals surface area contributed by atoms with Crippen LogP contribution in [0.25, 0.3) is 0 Å². The standard InChI is InChI=1S/C73H110O6/c1-4-7-10-13-16-19-22-25-28-30-32-33-34-35-36-37-38-39-41-42-45-48-51-54-57-60-63-66-72(75)78-69-70(68-77-71(74)65-62-59-56-53-50-47-44-27-24-21-18-15-12-9-6-3)79-73(76)67-64-61-58-55-52-49-46-43-40-31-29-26-23-20-17-14-11-8-5-2/h7-12,16-21,25-29,32-33,35-36,38-40,42-45,50-51,53-54,70H,4-6,13-15,22-24,30-31,34,37,41,46-49,52,55-69H2,1-3H3/b10-7-,11-8-,12-9-,19-16-,20-17-,21-18-,28-25-,29-26-,33-32-,36-35-,39-38-,43-40-,44-27-,45-42-,53-50-,54-51-. The van der Waals surface area contributed by atoms with Crippen LogP contribution in [-0.4, -0.2) is 37.2 Å². The smallest absolute Gasteiger partial charge is 0.306 e. The number of hydrogen-bond donors (Lipinski definition) is 0. The number of hydrogen-bond acceptors (Lipinski definition) is 6. The number of carbonyl (C=O) groups excluding carboxylic acids is 3. The molecule has 0 rings (SSSR count). The van der Waals surface area contributed by atoms with Gasteiger partial charge < -0.3 is 14.2 Å². The van der Waals surface area contributed by atoms with Gasteiger partial charge in [-0.05, 0) is 161 Å². The molecule has 0 aliphatic heterocycles. The molecule has 0 aliphatic carbocycles. The summed E-state index contributed by atoms with van der Waals surface area (Å²) in [6.45, 7) is 6.19. The van der Waals surface area contributed by atoms with E-state index in [2.05, 4.69) is 215 Å². The molecule has 0 N–H and O–H groups in total. The molecule has 0 spiro atoms. The molecule has 6 nitrogen and oxygen atoms in total. The molecule has 1 unspecified atom stereocenters. The molecule has 0 saturated carbocycles. The van der Waals surface area contributed by atoms with Crippen LogP contribution >= 0.6 is 0 Å². The molecular formula is C73H110O6. The molecule has 0 aliphatic rings. The Morgan fingerprint density at radius 1 is 0.253 bits per heavy atom. The van der Waals surface area contributed by atoms with Gasteiger partial charge in [0.1, 0.15) is 13.2 Å². The van der Waals surface area contributed by atoms with Crippen LogP contribution in [-0.2, 0) is 28.6 Å². The van der Waals surface area contributed by atoms with Gasteiger partial charge in [0.25, 0.3) is 0 Å². The van der Waals surface area contributed by atoms with Crippen molar-refractivity contribution in [1.82, 2.24) is 0 Å². The lowest BCUT2D eigenvalue weighted by Gasteiger charge is -2.18. The molecule has 0 aromatic heterocycles.